The standard InChI is InChI=1S/C12H18N4O4S/c1-20-6-5-14-12-13-4-2-10(16-12)11(17)15-9-3-7-21(18,19)8-9/h2,4,9H,3,5-8H2,1H3,(H,15,17)(H,13,14,16). The van der Waals surface area contributed by atoms with Gasteiger partial charge in [-0.3, -0.25) is 4.79 Å². The van der Waals surface area contributed by atoms with Crippen molar-refractivity contribution in [2.45, 2.75) is 12.5 Å². The van der Waals surface area contributed by atoms with E-state index >= 15 is 0 Å². The number of aromatic nitrogens is 2. The van der Waals surface area contributed by atoms with Crippen molar-refractivity contribution in [3.05, 3.63) is 18.0 Å². The quantitative estimate of drug-likeness (QED) is 0.678. The highest BCUT2D eigenvalue weighted by Gasteiger charge is 2.29. The molecule has 1 aromatic heterocycles. The lowest BCUT2D eigenvalue weighted by Crippen LogP contribution is -2.36. The molecule has 8 nitrogen and oxygen atoms in total. The molecule has 1 amide bonds. The summed E-state index contributed by atoms with van der Waals surface area (Å²) in [6.45, 7) is 1.03. The molecule has 2 heterocycles. The molecular weight excluding hydrogens is 296 g/mol. The zero-order valence-electron chi connectivity index (χ0n) is 11.7. The van der Waals surface area contributed by atoms with Gasteiger partial charge in [0, 0.05) is 25.9 Å². The van der Waals surface area contributed by atoms with Crippen LogP contribution in [-0.2, 0) is 14.6 Å². The second-order valence-electron chi connectivity index (χ2n) is 4.76. The van der Waals surface area contributed by atoms with Gasteiger partial charge in [-0.25, -0.2) is 18.4 Å². The first kappa shape index (κ1) is 15.6. The Labute approximate surface area is 123 Å². The lowest BCUT2D eigenvalue weighted by atomic mass is 10.2. The molecule has 1 aliphatic rings. The van der Waals surface area contributed by atoms with E-state index in [0.717, 1.165) is 0 Å². The molecule has 0 aromatic carbocycles. The largest absolute Gasteiger partial charge is 0.383 e. The second-order valence-corrected chi connectivity index (χ2v) is 6.99. The summed E-state index contributed by atoms with van der Waals surface area (Å²) in [7, 11) is -1.43. The first-order valence-electron chi connectivity index (χ1n) is 6.57. The monoisotopic (exact) mass is 314 g/mol. The molecular formula is C12H18N4O4S. The van der Waals surface area contributed by atoms with Gasteiger partial charge in [-0.1, -0.05) is 0 Å². The molecule has 1 unspecified atom stereocenters. The summed E-state index contributed by atoms with van der Waals surface area (Å²) in [5.74, 6) is 0.0435. The third-order valence-electron chi connectivity index (χ3n) is 3.05. The molecule has 0 saturated carbocycles. The predicted molar refractivity (Wildman–Crippen MR) is 76.9 cm³/mol. The van der Waals surface area contributed by atoms with Crippen LogP contribution in [0.15, 0.2) is 12.3 Å². The Bertz CT molecular complexity index is 605. The van der Waals surface area contributed by atoms with E-state index in [9.17, 15) is 13.2 Å². The third-order valence-corrected chi connectivity index (χ3v) is 4.81. The van der Waals surface area contributed by atoms with Gasteiger partial charge in [0.2, 0.25) is 5.95 Å². The van der Waals surface area contributed by atoms with E-state index in [4.69, 9.17) is 4.74 Å². The van der Waals surface area contributed by atoms with Gasteiger partial charge in [0.25, 0.3) is 5.91 Å². The highest BCUT2D eigenvalue weighted by atomic mass is 32.2. The molecule has 9 heteroatoms. The zero-order valence-corrected chi connectivity index (χ0v) is 12.5. The fourth-order valence-electron chi connectivity index (χ4n) is 2.00. The van der Waals surface area contributed by atoms with Gasteiger partial charge in [0.1, 0.15) is 5.69 Å². The summed E-state index contributed by atoms with van der Waals surface area (Å²) in [5.41, 5.74) is 0.203. The van der Waals surface area contributed by atoms with Crippen LogP contribution < -0.4 is 10.6 Å². The molecule has 0 aliphatic carbocycles. The Hall–Kier alpha value is -1.74. The number of hydrogen-bond acceptors (Lipinski definition) is 7. The Balaban J connectivity index is 1.94. The van der Waals surface area contributed by atoms with Crippen LogP contribution >= 0.6 is 0 Å². The molecule has 2 N–H and O–H groups in total. The summed E-state index contributed by atoms with van der Waals surface area (Å²) in [6.07, 6.45) is 1.92. The van der Waals surface area contributed by atoms with Crippen LogP contribution in [0.1, 0.15) is 16.9 Å². The lowest BCUT2D eigenvalue weighted by molar-refractivity contribution is 0.0936. The lowest BCUT2D eigenvalue weighted by Gasteiger charge is -2.11. The average Bonchev–Trinajstić information content (AvgIpc) is 2.78. The zero-order chi connectivity index (χ0) is 15.3. The normalized spacial score (nSPS) is 20.1. The van der Waals surface area contributed by atoms with Crippen LogP contribution in [0.25, 0.3) is 0 Å². The minimum atomic E-state index is -3.02. The topological polar surface area (TPSA) is 110 Å². The van der Waals surface area contributed by atoms with E-state index in [-0.39, 0.29) is 23.2 Å². The predicted octanol–water partition coefficient (Wildman–Crippen LogP) is -0.548. The van der Waals surface area contributed by atoms with Crippen molar-refractivity contribution < 1.29 is 17.9 Å². The van der Waals surface area contributed by atoms with Crippen LogP contribution in [0.5, 0.6) is 0 Å². The number of rotatable bonds is 6. The maximum atomic E-state index is 12.0. The number of nitrogens with one attached hydrogen (secondary N) is 2. The van der Waals surface area contributed by atoms with Crippen LogP contribution in [-0.4, -0.2) is 62.1 Å². The highest BCUT2D eigenvalue weighted by Crippen LogP contribution is 2.12. The summed E-state index contributed by atoms with van der Waals surface area (Å²) < 4.78 is 27.6. The molecule has 116 valence electrons. The van der Waals surface area contributed by atoms with E-state index < -0.39 is 15.7 Å². The van der Waals surface area contributed by atoms with E-state index in [0.29, 0.717) is 25.5 Å². The molecule has 1 aromatic rings. The highest BCUT2D eigenvalue weighted by molar-refractivity contribution is 7.91. The Morgan fingerprint density at radius 2 is 2.33 bits per heavy atom. The molecule has 1 fully saturated rings. The fraction of sp³-hybridized carbons (Fsp3) is 0.583. The van der Waals surface area contributed by atoms with Gasteiger partial charge in [0.05, 0.1) is 18.1 Å². The average molecular weight is 314 g/mol. The van der Waals surface area contributed by atoms with Crippen molar-refractivity contribution in [1.82, 2.24) is 15.3 Å². The van der Waals surface area contributed by atoms with Crippen molar-refractivity contribution in [3.63, 3.8) is 0 Å². The molecule has 0 radical (unpaired) electrons. The molecule has 0 spiro atoms. The van der Waals surface area contributed by atoms with Gasteiger partial charge in [-0.05, 0) is 12.5 Å². The molecule has 0 bridgehead atoms. The van der Waals surface area contributed by atoms with Gasteiger partial charge in [-0.15, -0.1) is 0 Å². The van der Waals surface area contributed by atoms with Crippen molar-refractivity contribution in [1.29, 1.82) is 0 Å². The first-order valence-corrected chi connectivity index (χ1v) is 8.39. The number of hydrogen-bond donors (Lipinski definition) is 2. The Morgan fingerprint density at radius 1 is 1.52 bits per heavy atom. The molecule has 1 aliphatic heterocycles. The van der Waals surface area contributed by atoms with Crippen molar-refractivity contribution in [2.75, 3.05) is 37.1 Å². The number of methoxy groups -OCH3 is 1. The van der Waals surface area contributed by atoms with Crippen LogP contribution in [0, 0.1) is 0 Å². The summed E-state index contributed by atoms with van der Waals surface area (Å²) in [5, 5.41) is 5.61. The minimum Gasteiger partial charge on any atom is -0.383 e. The summed E-state index contributed by atoms with van der Waals surface area (Å²) in [4.78, 5) is 20.1. The smallest absolute Gasteiger partial charge is 0.270 e. The van der Waals surface area contributed by atoms with Crippen molar-refractivity contribution in [3.8, 4) is 0 Å². The maximum absolute atomic E-state index is 12.0. The Morgan fingerprint density at radius 3 is 3.00 bits per heavy atom. The second kappa shape index (κ2) is 6.81. The van der Waals surface area contributed by atoms with Gasteiger partial charge >= 0.3 is 0 Å². The third kappa shape index (κ3) is 4.64. The molecule has 21 heavy (non-hydrogen) atoms. The number of sulfone groups is 1. The van der Waals surface area contributed by atoms with Gasteiger partial charge in [0.15, 0.2) is 9.84 Å². The molecule has 1 saturated heterocycles. The summed E-state index contributed by atoms with van der Waals surface area (Å²) in [6, 6.07) is 1.14. The number of carbonyl (C=O) groups excluding carboxylic acids is 1. The van der Waals surface area contributed by atoms with Crippen molar-refractivity contribution in [2.24, 2.45) is 0 Å². The summed E-state index contributed by atoms with van der Waals surface area (Å²) >= 11 is 0. The van der Waals surface area contributed by atoms with E-state index in [1.165, 1.54) is 12.3 Å². The number of nitrogens with zero attached hydrogens (tertiary/aromatic N) is 2. The van der Waals surface area contributed by atoms with Crippen LogP contribution in [0.2, 0.25) is 0 Å². The molecule has 2 rings (SSSR count). The van der Waals surface area contributed by atoms with Crippen molar-refractivity contribution >= 4 is 21.7 Å². The van der Waals surface area contributed by atoms with E-state index in [1.54, 1.807) is 7.11 Å². The van der Waals surface area contributed by atoms with E-state index in [2.05, 4.69) is 20.6 Å². The number of amides is 1. The van der Waals surface area contributed by atoms with Crippen LogP contribution in [0.3, 0.4) is 0 Å². The van der Waals surface area contributed by atoms with Crippen LogP contribution in [0.4, 0.5) is 5.95 Å². The minimum absolute atomic E-state index is 0.0111. The Kier molecular flexibility index (Phi) is 5.07. The molecule has 1 atom stereocenters. The number of anilines is 1. The van der Waals surface area contributed by atoms with Gasteiger partial charge in [-0.2, -0.15) is 0 Å². The van der Waals surface area contributed by atoms with Gasteiger partial charge < -0.3 is 15.4 Å². The fourth-order valence-corrected chi connectivity index (χ4v) is 3.68. The van der Waals surface area contributed by atoms with E-state index in [1.807, 2.05) is 0 Å². The number of ether oxygens (including phenoxy) is 1. The first-order chi connectivity index (χ1) is 10.00. The SMILES string of the molecule is COCCNc1nccc(C(=O)NC2CCS(=O)(=O)C2)n1. The number of carbonyl (C=O) groups is 1. The maximum Gasteiger partial charge on any atom is 0.270 e.